The number of fused-ring (bicyclic) bond motifs is 2. The maximum absolute atomic E-state index is 14.0. The molecule has 0 N–H and O–H groups in total. The number of nitrogens with zero attached hydrogens (tertiary/aromatic N) is 2. The average molecular weight is 609 g/mol. The lowest BCUT2D eigenvalue weighted by molar-refractivity contribution is -0.144. The van der Waals surface area contributed by atoms with Gasteiger partial charge in [-0.25, -0.2) is 4.90 Å². The number of rotatable bonds is 7. The summed E-state index contributed by atoms with van der Waals surface area (Å²) in [6, 6.07) is 9.23. The van der Waals surface area contributed by atoms with Crippen molar-refractivity contribution in [3.63, 3.8) is 0 Å². The zero-order valence-corrected chi connectivity index (χ0v) is 23.5. The van der Waals surface area contributed by atoms with Crippen LogP contribution in [0.1, 0.15) is 28.8 Å². The number of hydrogen-bond acceptors (Lipinski definition) is 9. The van der Waals surface area contributed by atoms with Gasteiger partial charge in [-0.1, -0.05) is 41.3 Å². The molecule has 2 aromatic carbocycles. The Balaban J connectivity index is 1.69. The number of esters is 1. The first-order valence-electron chi connectivity index (χ1n) is 12.3. The van der Waals surface area contributed by atoms with Crippen molar-refractivity contribution in [3.8, 4) is 11.5 Å². The average Bonchev–Trinajstić information content (AvgIpc) is 3.38. The van der Waals surface area contributed by atoms with Gasteiger partial charge < -0.3 is 14.2 Å². The molecule has 3 aromatic rings. The molecule has 0 spiro atoms. The molecule has 0 unspecified atom stereocenters. The first kappa shape index (κ1) is 28.7. The van der Waals surface area contributed by atoms with Crippen LogP contribution in [-0.4, -0.2) is 48.4 Å². The highest BCUT2D eigenvalue weighted by atomic mass is 32.2. The molecular weight excluding hydrogens is 585 g/mol. The highest BCUT2D eigenvalue weighted by Gasteiger charge is 2.58. The number of carbonyl (C=O) groups is 3. The Morgan fingerprint density at radius 2 is 1.71 bits per heavy atom. The number of alkyl halides is 3. The molecule has 3 atom stereocenters. The number of thioether (sulfide) groups is 1. The van der Waals surface area contributed by atoms with Gasteiger partial charge in [0.1, 0.15) is 11.8 Å². The molecule has 216 valence electrons. The molecule has 3 heterocycles. The molecular formula is C27H23F3N2O7S2. The lowest BCUT2D eigenvalue weighted by Crippen LogP contribution is -2.33. The van der Waals surface area contributed by atoms with Crippen molar-refractivity contribution in [3.05, 3.63) is 68.1 Å². The number of para-hydroxylation sites is 1. The van der Waals surface area contributed by atoms with Gasteiger partial charge in [-0.15, -0.1) is 0 Å². The van der Waals surface area contributed by atoms with Crippen molar-refractivity contribution >= 4 is 46.6 Å². The minimum Gasteiger partial charge on any atom is -0.493 e. The monoisotopic (exact) mass is 608 g/mol. The standard InChI is InChI=1S/C27H23F3N2O7S2/c1-4-39-18(33)12-31-25-22(41-26(31)36)19(13-9-10-16(37-2)17(11-13)38-3)20-21(40-25)24(35)32(23(20)34)15-8-6-5-7-14(15)27(28,29)30/h5-11,19-21H,4,12H2,1-3H3/t19-,20-,21+/m0/s1. The number of amides is 2. The van der Waals surface area contributed by atoms with Gasteiger partial charge in [0.05, 0.1) is 43.0 Å². The topological polar surface area (TPSA) is 104 Å². The van der Waals surface area contributed by atoms with E-state index in [1.54, 1.807) is 25.1 Å². The van der Waals surface area contributed by atoms with Crippen LogP contribution >= 0.6 is 23.1 Å². The van der Waals surface area contributed by atoms with Crippen LogP contribution in [0.4, 0.5) is 18.9 Å². The van der Waals surface area contributed by atoms with Crippen LogP contribution in [0.3, 0.4) is 0 Å². The number of benzene rings is 2. The number of hydrogen-bond donors (Lipinski definition) is 0. The number of imide groups is 1. The Morgan fingerprint density at radius 3 is 2.37 bits per heavy atom. The summed E-state index contributed by atoms with van der Waals surface area (Å²) < 4.78 is 58.6. The van der Waals surface area contributed by atoms with E-state index >= 15 is 0 Å². The minimum absolute atomic E-state index is 0.0899. The third-order valence-corrected chi connectivity index (χ3v) is 9.46. The number of methoxy groups -OCH3 is 2. The molecule has 2 aliphatic rings. The zero-order valence-electron chi connectivity index (χ0n) is 21.9. The van der Waals surface area contributed by atoms with Crippen molar-refractivity contribution in [2.24, 2.45) is 5.92 Å². The van der Waals surface area contributed by atoms with Crippen LogP contribution in [0.5, 0.6) is 11.5 Å². The van der Waals surface area contributed by atoms with Crippen LogP contribution < -0.4 is 19.2 Å². The molecule has 0 aliphatic carbocycles. The lowest BCUT2D eigenvalue weighted by Gasteiger charge is -2.31. The summed E-state index contributed by atoms with van der Waals surface area (Å²) in [5.41, 5.74) is -1.21. The van der Waals surface area contributed by atoms with Crippen LogP contribution in [0.25, 0.3) is 0 Å². The predicted octanol–water partition coefficient (Wildman–Crippen LogP) is 4.30. The van der Waals surface area contributed by atoms with E-state index in [1.807, 2.05) is 0 Å². The Labute approximate surface area is 239 Å². The fourth-order valence-electron chi connectivity index (χ4n) is 5.14. The number of ether oxygens (including phenoxy) is 3. The molecule has 0 saturated carbocycles. The van der Waals surface area contributed by atoms with E-state index in [9.17, 15) is 32.3 Å². The first-order chi connectivity index (χ1) is 19.5. The second-order valence-electron chi connectivity index (χ2n) is 9.11. The van der Waals surface area contributed by atoms with Crippen LogP contribution in [0.15, 0.2) is 52.3 Å². The maximum atomic E-state index is 14.0. The van der Waals surface area contributed by atoms with Gasteiger partial charge in [0, 0.05) is 10.8 Å². The van der Waals surface area contributed by atoms with Gasteiger partial charge >= 0.3 is 17.0 Å². The molecule has 5 rings (SSSR count). The third-order valence-electron chi connectivity index (χ3n) is 6.86. The molecule has 2 amide bonds. The summed E-state index contributed by atoms with van der Waals surface area (Å²) in [5, 5.41) is -0.891. The van der Waals surface area contributed by atoms with E-state index in [-0.39, 0.29) is 11.6 Å². The zero-order chi connectivity index (χ0) is 29.6. The van der Waals surface area contributed by atoms with E-state index in [2.05, 4.69) is 0 Å². The van der Waals surface area contributed by atoms with E-state index in [1.165, 1.54) is 30.9 Å². The van der Waals surface area contributed by atoms with E-state index in [0.717, 1.165) is 35.2 Å². The van der Waals surface area contributed by atoms with E-state index in [0.29, 0.717) is 26.8 Å². The number of thiazole rings is 1. The van der Waals surface area contributed by atoms with Crippen molar-refractivity contribution in [1.82, 2.24) is 4.57 Å². The molecule has 9 nitrogen and oxygen atoms in total. The van der Waals surface area contributed by atoms with Crippen molar-refractivity contribution < 1.29 is 41.8 Å². The van der Waals surface area contributed by atoms with Crippen molar-refractivity contribution in [2.75, 3.05) is 25.7 Å². The Bertz CT molecular complexity index is 1600. The molecule has 41 heavy (non-hydrogen) atoms. The quantitative estimate of drug-likeness (QED) is 0.289. The molecule has 1 fully saturated rings. The predicted molar refractivity (Wildman–Crippen MR) is 144 cm³/mol. The second-order valence-corrected chi connectivity index (χ2v) is 11.2. The van der Waals surface area contributed by atoms with Crippen molar-refractivity contribution in [1.29, 1.82) is 0 Å². The third kappa shape index (κ3) is 4.88. The fourth-order valence-corrected chi connectivity index (χ4v) is 7.92. The number of halogens is 3. The van der Waals surface area contributed by atoms with E-state index in [4.69, 9.17) is 14.2 Å². The van der Waals surface area contributed by atoms with E-state index < -0.39 is 63.7 Å². The SMILES string of the molecule is CCOC(=O)Cn1c2c(sc1=O)[C@@H](c1ccc(OC)c(OC)c1)[C@@H]1C(=O)N(c3ccccc3C(F)(F)F)C(=O)[C@@H]1S2. The van der Waals surface area contributed by atoms with Gasteiger partial charge in [0.25, 0.3) is 0 Å². The molecule has 14 heteroatoms. The Morgan fingerprint density at radius 1 is 1.00 bits per heavy atom. The molecule has 1 saturated heterocycles. The maximum Gasteiger partial charge on any atom is 0.418 e. The first-order valence-corrected chi connectivity index (χ1v) is 14.0. The van der Waals surface area contributed by atoms with Gasteiger partial charge in [-0.2, -0.15) is 13.2 Å². The van der Waals surface area contributed by atoms with Crippen LogP contribution in [0.2, 0.25) is 0 Å². The second kappa shape index (κ2) is 10.9. The summed E-state index contributed by atoms with van der Waals surface area (Å²) in [4.78, 5) is 53.6. The van der Waals surface area contributed by atoms with Gasteiger partial charge in [-0.05, 0) is 36.8 Å². The highest BCUT2D eigenvalue weighted by molar-refractivity contribution is 8.00. The smallest absolute Gasteiger partial charge is 0.418 e. The fraction of sp³-hybridized carbons (Fsp3) is 0.333. The van der Waals surface area contributed by atoms with Gasteiger partial charge in [0.2, 0.25) is 11.8 Å². The summed E-state index contributed by atoms with van der Waals surface area (Å²) in [6.45, 7) is 1.28. The summed E-state index contributed by atoms with van der Waals surface area (Å²) in [6.07, 6.45) is -4.82. The molecule has 1 aromatic heterocycles. The molecule has 2 aliphatic heterocycles. The Kier molecular flexibility index (Phi) is 7.64. The number of carbonyl (C=O) groups excluding carboxylic acids is 3. The van der Waals surface area contributed by atoms with Crippen LogP contribution in [-0.2, 0) is 31.8 Å². The lowest BCUT2D eigenvalue weighted by atomic mass is 9.83. The molecule has 0 bridgehead atoms. The highest BCUT2D eigenvalue weighted by Crippen LogP contribution is 2.55. The summed E-state index contributed by atoms with van der Waals surface area (Å²) in [7, 11) is 2.86. The summed E-state index contributed by atoms with van der Waals surface area (Å²) >= 11 is 1.70. The Hall–Kier alpha value is -3.78. The van der Waals surface area contributed by atoms with Crippen molar-refractivity contribution in [2.45, 2.75) is 35.8 Å². The largest absolute Gasteiger partial charge is 0.493 e. The number of aromatic nitrogens is 1. The minimum atomic E-state index is -4.82. The van der Waals surface area contributed by atoms with Gasteiger partial charge in [0.15, 0.2) is 11.5 Å². The number of anilines is 1. The van der Waals surface area contributed by atoms with Gasteiger partial charge in [-0.3, -0.25) is 23.7 Å². The molecule has 0 radical (unpaired) electrons. The van der Waals surface area contributed by atoms with Crippen LogP contribution in [0, 0.1) is 5.92 Å². The normalized spacial score (nSPS) is 20.0. The summed E-state index contributed by atoms with van der Waals surface area (Å²) in [5.74, 6) is -3.69.